The standard InChI is InChI=1S/2C3F6.C3H6.2C2H2F2.C2H4/c2*4-1(2(5)6)3(7,8)9;1-3-2;2*1-2(3)4;1-2/h;;3H,1H2,2H3;2*1H2;1-2H2. The van der Waals surface area contributed by atoms with Gasteiger partial charge in [-0.2, -0.15) is 70.2 Å². The molecule has 0 rings (SSSR count). The van der Waals surface area contributed by atoms with E-state index in [1.807, 2.05) is 6.92 Å². The van der Waals surface area contributed by atoms with Gasteiger partial charge in [0.1, 0.15) is 0 Å². The number of rotatable bonds is 0. The van der Waals surface area contributed by atoms with Gasteiger partial charge in [-0.25, -0.2) is 0 Å². The fourth-order valence-electron chi connectivity index (χ4n) is 0.214. The van der Waals surface area contributed by atoms with Gasteiger partial charge in [0, 0.05) is 0 Å². The number of halogens is 16. The Kier molecular flexibility index (Phi) is 32.3. The topological polar surface area (TPSA) is 0 Å². The highest BCUT2D eigenvalue weighted by Gasteiger charge is 2.39. The van der Waals surface area contributed by atoms with Crippen molar-refractivity contribution in [3.8, 4) is 0 Å². The first-order valence-electron chi connectivity index (χ1n) is 6.22. The lowest BCUT2D eigenvalue weighted by Gasteiger charge is -1.98. The molecule has 0 aliphatic rings. The van der Waals surface area contributed by atoms with Crippen LogP contribution in [0.3, 0.4) is 0 Å². The molecule has 0 bridgehead atoms. The van der Waals surface area contributed by atoms with Crippen LogP contribution in [0.15, 0.2) is 74.9 Å². The first kappa shape index (κ1) is 42.4. The fourth-order valence-corrected chi connectivity index (χ4v) is 0.214. The van der Waals surface area contributed by atoms with E-state index < -0.39 is 48.3 Å². The van der Waals surface area contributed by atoms with Crippen LogP contribution in [0.2, 0.25) is 0 Å². The molecule has 0 atom stereocenters. The summed E-state index contributed by atoms with van der Waals surface area (Å²) in [6.07, 6.45) is -19.7. The molecule has 0 unspecified atom stereocenters. The minimum atomic E-state index is -5.56. The van der Waals surface area contributed by atoms with Crippen molar-refractivity contribution in [1.82, 2.24) is 0 Å². The zero-order valence-electron chi connectivity index (χ0n) is 15.2. The maximum absolute atomic E-state index is 11.0. The molecule has 0 saturated heterocycles. The van der Waals surface area contributed by atoms with Gasteiger partial charge >= 0.3 is 24.5 Å². The molecule has 0 radical (unpaired) electrons. The lowest BCUT2D eigenvalue weighted by Crippen LogP contribution is -2.08. The quantitative estimate of drug-likeness (QED) is 0.230. The van der Waals surface area contributed by atoms with Crippen LogP contribution in [0.1, 0.15) is 6.92 Å². The van der Waals surface area contributed by atoms with E-state index in [0.717, 1.165) is 0 Å². The third kappa shape index (κ3) is 58.4. The summed E-state index contributed by atoms with van der Waals surface area (Å²) >= 11 is 0. The molecule has 0 aliphatic carbocycles. The first-order valence-corrected chi connectivity index (χ1v) is 6.22. The van der Waals surface area contributed by atoms with Crippen molar-refractivity contribution in [1.29, 1.82) is 0 Å². The highest BCUT2D eigenvalue weighted by atomic mass is 19.4. The number of hydrogen-bond acceptors (Lipinski definition) is 0. The average Bonchev–Trinajstić information content (AvgIpc) is 2.53. The summed E-state index contributed by atoms with van der Waals surface area (Å²) in [5.41, 5.74) is 0. The summed E-state index contributed by atoms with van der Waals surface area (Å²) < 4.78 is 170. The minimum absolute atomic E-state index is 1.75. The first-order chi connectivity index (χ1) is 13.6. The molecule has 186 valence electrons. The van der Waals surface area contributed by atoms with Crippen LogP contribution in [0, 0.1) is 0 Å². The van der Waals surface area contributed by atoms with Crippen molar-refractivity contribution in [3.63, 3.8) is 0 Å². The van der Waals surface area contributed by atoms with Crippen LogP contribution in [-0.4, -0.2) is 12.4 Å². The highest BCUT2D eigenvalue weighted by Crippen LogP contribution is 2.30. The lowest BCUT2D eigenvalue weighted by atomic mass is 10.6. The molecule has 0 heterocycles. The Hall–Kier alpha value is -2.68. The second-order valence-electron chi connectivity index (χ2n) is 3.23. The Morgan fingerprint density at radius 2 is 0.645 bits per heavy atom. The Balaban J connectivity index is -0.0000000660. The van der Waals surface area contributed by atoms with Crippen LogP contribution < -0.4 is 0 Å². The number of hydrogen-bond donors (Lipinski definition) is 0. The van der Waals surface area contributed by atoms with Crippen molar-refractivity contribution in [2.75, 3.05) is 0 Å². The Morgan fingerprint density at radius 3 is 0.645 bits per heavy atom. The van der Waals surface area contributed by atoms with Gasteiger partial charge in [0.15, 0.2) is 0 Å². The Morgan fingerprint density at radius 1 is 0.548 bits per heavy atom. The molecule has 0 aromatic heterocycles. The fraction of sp³-hybridized carbons (Fsp3) is 0.200. The molecule has 0 nitrogen and oxygen atoms in total. The van der Waals surface area contributed by atoms with E-state index in [4.69, 9.17) is 0 Å². The largest absolute Gasteiger partial charge is 0.448 e. The lowest BCUT2D eigenvalue weighted by molar-refractivity contribution is -0.113. The van der Waals surface area contributed by atoms with Crippen LogP contribution in [-0.2, 0) is 0 Å². The Labute approximate surface area is 165 Å². The zero-order valence-corrected chi connectivity index (χ0v) is 15.2. The monoisotopic (exact) mass is 498 g/mol. The molecule has 0 aromatic rings. The predicted molar refractivity (Wildman–Crippen MR) is 82.6 cm³/mol. The maximum Gasteiger partial charge on any atom is 0.448 e. The third-order valence-corrected chi connectivity index (χ3v) is 0.830. The summed E-state index contributed by atoms with van der Waals surface area (Å²) in [6.45, 7) is 15.7. The molecular formula is C15H14F16. The third-order valence-electron chi connectivity index (χ3n) is 0.830. The van der Waals surface area contributed by atoms with Crippen molar-refractivity contribution in [3.05, 3.63) is 74.9 Å². The molecule has 0 amide bonds. The predicted octanol–water partition coefficient (Wildman–Crippen LogP) is 10.0. The van der Waals surface area contributed by atoms with Gasteiger partial charge in [-0.1, -0.05) is 6.08 Å². The second kappa shape index (κ2) is 23.6. The van der Waals surface area contributed by atoms with Crippen LogP contribution >= 0.6 is 0 Å². The van der Waals surface area contributed by atoms with Crippen molar-refractivity contribution in [2.24, 2.45) is 0 Å². The summed E-state index contributed by atoms with van der Waals surface area (Å²) in [4.78, 5) is 0. The molecule has 0 fully saturated rings. The van der Waals surface area contributed by atoms with Gasteiger partial charge in [-0.15, -0.1) is 19.7 Å². The van der Waals surface area contributed by atoms with E-state index in [-0.39, 0.29) is 0 Å². The average molecular weight is 498 g/mol. The molecule has 0 spiro atoms. The van der Waals surface area contributed by atoms with Gasteiger partial charge in [-0.05, 0) is 20.1 Å². The summed E-state index contributed by atoms with van der Waals surface area (Å²) in [7, 11) is 0. The smallest absolute Gasteiger partial charge is 0.196 e. The molecule has 31 heavy (non-hydrogen) atoms. The van der Waals surface area contributed by atoms with Gasteiger partial charge < -0.3 is 0 Å². The molecule has 0 N–H and O–H groups in total. The van der Waals surface area contributed by atoms with E-state index >= 15 is 0 Å². The molecule has 0 aliphatic heterocycles. The molecule has 16 heteroatoms. The summed E-state index contributed by atoms with van der Waals surface area (Å²) in [6, 6.07) is 0. The van der Waals surface area contributed by atoms with E-state index in [0.29, 0.717) is 0 Å². The number of allylic oxidation sites excluding steroid dienone is 3. The van der Waals surface area contributed by atoms with E-state index in [9.17, 15) is 70.2 Å². The van der Waals surface area contributed by atoms with E-state index in [1.165, 1.54) is 0 Å². The SMILES string of the molecule is C=C.C=C(F)F.C=C(F)F.C=CC.FC(F)=C(F)C(F)(F)F.FC(F)=C(F)C(F)(F)F. The summed E-state index contributed by atoms with van der Waals surface area (Å²) in [5.74, 6) is -6.66. The minimum Gasteiger partial charge on any atom is -0.196 e. The van der Waals surface area contributed by atoms with Crippen molar-refractivity contribution < 1.29 is 70.2 Å². The van der Waals surface area contributed by atoms with E-state index in [2.05, 4.69) is 32.9 Å². The van der Waals surface area contributed by atoms with Crippen LogP contribution in [0.5, 0.6) is 0 Å². The zero-order chi connectivity index (χ0) is 27.2. The van der Waals surface area contributed by atoms with Crippen LogP contribution in [0.4, 0.5) is 70.2 Å². The van der Waals surface area contributed by atoms with E-state index in [1.54, 1.807) is 6.08 Å². The van der Waals surface area contributed by atoms with Crippen molar-refractivity contribution >= 4 is 0 Å². The van der Waals surface area contributed by atoms with Crippen molar-refractivity contribution in [2.45, 2.75) is 19.3 Å². The van der Waals surface area contributed by atoms with Gasteiger partial charge in [0.25, 0.3) is 23.8 Å². The van der Waals surface area contributed by atoms with Gasteiger partial charge in [0.05, 0.1) is 0 Å². The Bertz CT molecular complexity index is 488. The normalized spacial score (nSPS) is 8.81. The highest BCUT2D eigenvalue weighted by molar-refractivity contribution is 4.99. The molecule has 0 saturated carbocycles. The maximum atomic E-state index is 11.0. The second-order valence-corrected chi connectivity index (χ2v) is 3.23. The summed E-state index contributed by atoms with van der Waals surface area (Å²) in [5, 5.41) is 0. The molecule has 0 aromatic carbocycles. The molecular weight excluding hydrogens is 484 g/mol. The van der Waals surface area contributed by atoms with Gasteiger partial charge in [0.2, 0.25) is 0 Å². The number of alkyl halides is 6. The van der Waals surface area contributed by atoms with Crippen LogP contribution in [0.25, 0.3) is 0 Å². The van der Waals surface area contributed by atoms with Gasteiger partial charge in [-0.3, -0.25) is 0 Å².